The summed E-state index contributed by atoms with van der Waals surface area (Å²) in [5, 5.41) is 2.82. The third kappa shape index (κ3) is 5.22. The smallest absolute Gasteiger partial charge is 0.341 e. The lowest BCUT2D eigenvalue weighted by Crippen LogP contribution is -2.28. The number of aromatic nitrogens is 4. The van der Waals surface area contributed by atoms with E-state index in [1.165, 1.54) is 0 Å². The summed E-state index contributed by atoms with van der Waals surface area (Å²) in [5.41, 5.74) is 2.91. The van der Waals surface area contributed by atoms with Gasteiger partial charge >= 0.3 is 5.97 Å². The third-order valence-corrected chi connectivity index (χ3v) is 6.54. The van der Waals surface area contributed by atoms with Crippen molar-refractivity contribution >= 4 is 33.9 Å². The van der Waals surface area contributed by atoms with Gasteiger partial charge in [-0.15, -0.1) is 0 Å². The van der Waals surface area contributed by atoms with Crippen LogP contribution in [0.2, 0.25) is 0 Å². The second-order valence-corrected chi connectivity index (χ2v) is 9.18. The summed E-state index contributed by atoms with van der Waals surface area (Å²) in [4.78, 5) is 37.1. The zero-order valence-corrected chi connectivity index (χ0v) is 22.1. The highest BCUT2D eigenvalue weighted by atomic mass is 19.2. The van der Waals surface area contributed by atoms with Crippen LogP contribution in [0, 0.1) is 11.6 Å². The Kier molecular flexibility index (Phi) is 7.45. The molecule has 2 N–H and O–H groups in total. The Morgan fingerprint density at radius 3 is 2.62 bits per heavy atom. The lowest BCUT2D eigenvalue weighted by atomic mass is 10.1. The van der Waals surface area contributed by atoms with Crippen molar-refractivity contribution in [3.63, 3.8) is 0 Å². The van der Waals surface area contributed by atoms with Gasteiger partial charge in [-0.1, -0.05) is 12.1 Å². The Morgan fingerprint density at radius 2 is 1.82 bits per heavy atom. The number of amides is 1. The lowest BCUT2D eigenvalue weighted by molar-refractivity contribution is 0.0521. The third-order valence-electron chi connectivity index (χ3n) is 6.54. The van der Waals surface area contributed by atoms with E-state index in [9.17, 15) is 18.4 Å². The molecule has 0 bridgehead atoms. The van der Waals surface area contributed by atoms with Crippen molar-refractivity contribution in [1.29, 1.82) is 0 Å². The number of aromatic amines is 1. The molecule has 5 rings (SSSR count). The van der Waals surface area contributed by atoms with Gasteiger partial charge < -0.3 is 24.3 Å². The summed E-state index contributed by atoms with van der Waals surface area (Å²) >= 11 is 0. The van der Waals surface area contributed by atoms with Gasteiger partial charge in [0, 0.05) is 24.7 Å². The maximum atomic E-state index is 13.6. The molecule has 2 aromatic heterocycles. The standard InChI is InChI=1S/C29H27F2N5O4/c1-4-39-29(38)18-7-5-6-8-25(18)40-12-11-32-28(37)17-9-10-21-24(13-17)36(3)27(35-21)16(2)26-33-22-14-19(30)20(31)15-23(22)34-26/h5-10,13-16H,4,11-12H2,1-3H3,(H,32,37)(H,33,34). The summed E-state index contributed by atoms with van der Waals surface area (Å²) in [6.07, 6.45) is 0. The number of nitrogens with one attached hydrogen (secondary N) is 2. The quantitative estimate of drug-likeness (QED) is 0.201. The van der Waals surface area contributed by atoms with Crippen LogP contribution in [-0.2, 0) is 11.8 Å². The molecule has 0 aliphatic rings. The fraction of sp³-hybridized carbons (Fsp3) is 0.241. The number of rotatable bonds is 9. The maximum absolute atomic E-state index is 13.6. The van der Waals surface area contributed by atoms with E-state index in [1.807, 2.05) is 18.5 Å². The van der Waals surface area contributed by atoms with Gasteiger partial charge in [-0.2, -0.15) is 0 Å². The van der Waals surface area contributed by atoms with E-state index in [-0.39, 0.29) is 31.6 Å². The van der Waals surface area contributed by atoms with Crippen molar-refractivity contribution in [2.45, 2.75) is 19.8 Å². The van der Waals surface area contributed by atoms with Gasteiger partial charge in [0.1, 0.15) is 29.6 Å². The molecule has 0 radical (unpaired) electrons. The monoisotopic (exact) mass is 547 g/mol. The number of fused-ring (bicyclic) bond motifs is 2. The second kappa shape index (κ2) is 11.1. The highest BCUT2D eigenvalue weighted by Gasteiger charge is 2.21. The number of hydrogen-bond acceptors (Lipinski definition) is 6. The van der Waals surface area contributed by atoms with Gasteiger partial charge in [0.2, 0.25) is 0 Å². The number of halogens is 2. The first-order valence-corrected chi connectivity index (χ1v) is 12.7. The van der Waals surface area contributed by atoms with E-state index in [0.29, 0.717) is 45.1 Å². The Bertz CT molecular complexity index is 1690. The van der Waals surface area contributed by atoms with Crippen LogP contribution in [0.15, 0.2) is 54.6 Å². The molecule has 5 aromatic rings. The van der Waals surface area contributed by atoms with Gasteiger partial charge in [-0.25, -0.2) is 23.5 Å². The molecule has 1 amide bonds. The molecule has 0 saturated carbocycles. The van der Waals surface area contributed by atoms with Crippen LogP contribution >= 0.6 is 0 Å². The maximum Gasteiger partial charge on any atom is 0.341 e. The van der Waals surface area contributed by atoms with Crippen LogP contribution in [0.5, 0.6) is 5.75 Å². The Balaban J connectivity index is 1.27. The van der Waals surface area contributed by atoms with E-state index < -0.39 is 17.6 Å². The summed E-state index contributed by atoms with van der Waals surface area (Å²) in [7, 11) is 1.83. The minimum atomic E-state index is -0.959. The van der Waals surface area contributed by atoms with Gasteiger partial charge in [0.15, 0.2) is 11.6 Å². The van der Waals surface area contributed by atoms with Gasteiger partial charge in [0.25, 0.3) is 5.91 Å². The number of imidazole rings is 2. The van der Waals surface area contributed by atoms with Crippen LogP contribution in [0.3, 0.4) is 0 Å². The molecular weight excluding hydrogens is 520 g/mol. The second-order valence-electron chi connectivity index (χ2n) is 9.18. The summed E-state index contributed by atoms with van der Waals surface area (Å²) in [5.74, 6) is -1.42. The molecular formula is C29H27F2N5O4. The normalized spacial score (nSPS) is 12.0. The topological polar surface area (TPSA) is 111 Å². The van der Waals surface area contributed by atoms with Crippen molar-refractivity contribution in [3.05, 3.63) is 89.0 Å². The van der Waals surface area contributed by atoms with Crippen LogP contribution in [0.4, 0.5) is 8.78 Å². The number of para-hydroxylation sites is 1. The number of hydrogen-bond donors (Lipinski definition) is 2. The number of ether oxygens (including phenoxy) is 2. The molecule has 1 unspecified atom stereocenters. The molecule has 0 saturated heterocycles. The van der Waals surface area contributed by atoms with Crippen LogP contribution < -0.4 is 10.1 Å². The van der Waals surface area contributed by atoms with E-state index in [4.69, 9.17) is 14.5 Å². The van der Waals surface area contributed by atoms with Crippen molar-refractivity contribution < 1.29 is 27.8 Å². The van der Waals surface area contributed by atoms with E-state index >= 15 is 0 Å². The molecule has 40 heavy (non-hydrogen) atoms. The van der Waals surface area contributed by atoms with Crippen LogP contribution in [0.1, 0.15) is 52.1 Å². The van der Waals surface area contributed by atoms with Gasteiger partial charge in [-0.3, -0.25) is 4.79 Å². The number of H-pyrrole nitrogens is 1. The predicted octanol–water partition coefficient (Wildman–Crippen LogP) is 4.87. The Labute approximate surface area is 228 Å². The molecule has 3 aromatic carbocycles. The largest absolute Gasteiger partial charge is 0.491 e. The molecule has 0 fully saturated rings. The Morgan fingerprint density at radius 1 is 1.05 bits per heavy atom. The molecule has 1 atom stereocenters. The summed E-state index contributed by atoms with van der Waals surface area (Å²) in [6.45, 7) is 4.25. The van der Waals surface area contributed by atoms with Gasteiger partial charge in [-0.05, 0) is 44.2 Å². The summed E-state index contributed by atoms with van der Waals surface area (Å²) < 4.78 is 39.9. The first kappa shape index (κ1) is 26.8. The van der Waals surface area contributed by atoms with E-state index in [0.717, 1.165) is 17.6 Å². The molecule has 0 aliphatic heterocycles. The first-order chi connectivity index (χ1) is 19.3. The number of nitrogens with zero attached hydrogens (tertiary/aromatic N) is 3. The lowest BCUT2D eigenvalue weighted by Gasteiger charge is -2.11. The fourth-order valence-corrected chi connectivity index (χ4v) is 4.49. The average Bonchev–Trinajstić information content (AvgIpc) is 3.51. The molecule has 9 nitrogen and oxygen atoms in total. The van der Waals surface area contributed by atoms with Crippen molar-refractivity contribution in [3.8, 4) is 5.75 Å². The average molecular weight is 548 g/mol. The highest BCUT2D eigenvalue weighted by molar-refractivity contribution is 5.97. The first-order valence-electron chi connectivity index (χ1n) is 12.7. The molecule has 206 valence electrons. The Hall–Kier alpha value is -4.80. The highest BCUT2D eigenvalue weighted by Crippen LogP contribution is 2.28. The fourth-order valence-electron chi connectivity index (χ4n) is 4.49. The number of aryl methyl sites for hydroxylation is 1. The van der Waals surface area contributed by atoms with Crippen LogP contribution in [-0.4, -0.2) is 51.2 Å². The zero-order valence-electron chi connectivity index (χ0n) is 22.1. The minimum Gasteiger partial charge on any atom is -0.491 e. The van der Waals surface area contributed by atoms with Crippen LogP contribution in [0.25, 0.3) is 22.1 Å². The van der Waals surface area contributed by atoms with Gasteiger partial charge in [0.05, 0.1) is 41.1 Å². The molecule has 2 heterocycles. The van der Waals surface area contributed by atoms with E-state index in [1.54, 1.807) is 49.4 Å². The predicted molar refractivity (Wildman–Crippen MR) is 144 cm³/mol. The van der Waals surface area contributed by atoms with Crippen molar-refractivity contribution in [2.75, 3.05) is 19.8 Å². The number of carbonyl (C=O) groups excluding carboxylic acids is 2. The van der Waals surface area contributed by atoms with Crippen molar-refractivity contribution in [1.82, 2.24) is 24.8 Å². The SMILES string of the molecule is CCOC(=O)c1ccccc1OCCNC(=O)c1ccc2nc(C(C)c3nc4cc(F)c(F)cc4[nH]3)n(C)c2c1. The zero-order chi connectivity index (χ0) is 28.4. The van der Waals surface area contributed by atoms with E-state index in [2.05, 4.69) is 15.3 Å². The minimum absolute atomic E-state index is 0.156. The molecule has 0 aliphatic carbocycles. The number of esters is 1. The molecule has 11 heteroatoms. The number of carbonyl (C=O) groups is 2. The summed E-state index contributed by atoms with van der Waals surface area (Å²) in [6, 6.07) is 14.1. The van der Waals surface area contributed by atoms with Crippen molar-refractivity contribution in [2.24, 2.45) is 7.05 Å². The number of benzene rings is 3. The molecule has 0 spiro atoms.